The van der Waals surface area contributed by atoms with E-state index < -0.39 is 18.0 Å². The van der Waals surface area contributed by atoms with Gasteiger partial charge in [-0.25, -0.2) is 0 Å². The molecule has 3 nitrogen and oxygen atoms in total. The van der Waals surface area contributed by atoms with Gasteiger partial charge in [0.1, 0.15) is 11.8 Å². The fraction of sp³-hybridized carbons (Fsp3) is 0.250. The standard InChI is InChI=1S/C8H9F3N2O/c9-8(10,11)7(13)5-2-1-4(12)3-6(5)14/h1-3,7,14H,12-13H2. The molecule has 78 valence electrons. The lowest BCUT2D eigenvalue weighted by atomic mass is 10.1. The molecule has 6 heteroatoms. The van der Waals surface area contributed by atoms with Gasteiger partial charge in [-0.15, -0.1) is 0 Å². The molecule has 1 rings (SSSR count). The predicted octanol–water partition coefficient (Wildman–Crippen LogP) is 1.54. The van der Waals surface area contributed by atoms with Crippen LogP contribution in [0.15, 0.2) is 18.2 Å². The van der Waals surface area contributed by atoms with Crippen LogP contribution in [0.3, 0.4) is 0 Å². The molecule has 1 unspecified atom stereocenters. The van der Waals surface area contributed by atoms with E-state index in [1.165, 1.54) is 6.07 Å². The quantitative estimate of drug-likeness (QED) is 0.610. The van der Waals surface area contributed by atoms with Crippen LogP contribution in [0.1, 0.15) is 11.6 Å². The van der Waals surface area contributed by atoms with Crippen molar-refractivity contribution in [1.82, 2.24) is 0 Å². The smallest absolute Gasteiger partial charge is 0.407 e. The maximum absolute atomic E-state index is 12.1. The molecular formula is C8H9F3N2O. The Morgan fingerprint density at radius 1 is 1.29 bits per heavy atom. The van der Waals surface area contributed by atoms with Crippen LogP contribution >= 0.6 is 0 Å². The topological polar surface area (TPSA) is 72.3 Å². The number of benzene rings is 1. The molecule has 0 aromatic heterocycles. The second kappa shape index (κ2) is 3.38. The van der Waals surface area contributed by atoms with Gasteiger partial charge in [-0.1, -0.05) is 6.07 Å². The molecule has 1 aromatic rings. The second-order valence-corrected chi connectivity index (χ2v) is 2.84. The number of phenols is 1. The monoisotopic (exact) mass is 206 g/mol. The molecule has 0 fully saturated rings. The molecule has 0 radical (unpaired) electrons. The van der Waals surface area contributed by atoms with E-state index in [1.54, 1.807) is 0 Å². The average molecular weight is 206 g/mol. The first-order valence-corrected chi connectivity index (χ1v) is 3.73. The number of nitrogens with two attached hydrogens (primary N) is 2. The number of anilines is 1. The highest BCUT2D eigenvalue weighted by Gasteiger charge is 2.39. The van der Waals surface area contributed by atoms with E-state index in [0.717, 1.165) is 12.1 Å². The Bertz CT molecular complexity index is 338. The van der Waals surface area contributed by atoms with Gasteiger partial charge in [-0.2, -0.15) is 13.2 Å². The predicted molar refractivity (Wildman–Crippen MR) is 45.5 cm³/mol. The summed E-state index contributed by atoms with van der Waals surface area (Å²) in [6.07, 6.45) is -4.58. The molecule has 0 aliphatic carbocycles. The van der Waals surface area contributed by atoms with E-state index in [9.17, 15) is 13.2 Å². The van der Waals surface area contributed by atoms with Crippen LogP contribution in [0.4, 0.5) is 18.9 Å². The van der Waals surface area contributed by atoms with Crippen LogP contribution in [0, 0.1) is 0 Å². The number of phenolic OH excluding ortho intramolecular Hbond substituents is 1. The van der Waals surface area contributed by atoms with Gasteiger partial charge in [-0.05, 0) is 6.07 Å². The minimum absolute atomic E-state index is 0.181. The van der Waals surface area contributed by atoms with Gasteiger partial charge < -0.3 is 16.6 Å². The Morgan fingerprint density at radius 2 is 1.86 bits per heavy atom. The van der Waals surface area contributed by atoms with Crippen molar-refractivity contribution >= 4 is 5.69 Å². The molecule has 0 saturated heterocycles. The summed E-state index contributed by atoms with van der Waals surface area (Å²) in [5, 5.41) is 9.17. The van der Waals surface area contributed by atoms with Crippen LogP contribution in [0.2, 0.25) is 0 Å². The van der Waals surface area contributed by atoms with E-state index in [-0.39, 0.29) is 11.3 Å². The third-order valence-electron chi connectivity index (χ3n) is 1.74. The zero-order valence-electron chi connectivity index (χ0n) is 7.05. The summed E-state index contributed by atoms with van der Waals surface area (Å²) < 4.78 is 36.4. The first-order chi connectivity index (χ1) is 6.32. The Morgan fingerprint density at radius 3 is 2.29 bits per heavy atom. The number of halogens is 3. The molecule has 0 aliphatic heterocycles. The molecule has 5 N–H and O–H groups in total. The maximum Gasteiger partial charge on any atom is 0.407 e. The number of hydrogen-bond donors (Lipinski definition) is 3. The summed E-state index contributed by atoms with van der Waals surface area (Å²) >= 11 is 0. The summed E-state index contributed by atoms with van der Waals surface area (Å²) in [7, 11) is 0. The van der Waals surface area contributed by atoms with Crippen molar-refractivity contribution in [3.8, 4) is 5.75 Å². The highest BCUT2D eigenvalue weighted by molar-refractivity contribution is 5.49. The molecule has 0 bridgehead atoms. The van der Waals surface area contributed by atoms with Crippen LogP contribution in [0.5, 0.6) is 5.75 Å². The first-order valence-electron chi connectivity index (χ1n) is 3.73. The minimum Gasteiger partial charge on any atom is -0.508 e. The number of rotatable bonds is 1. The molecule has 0 heterocycles. The van der Waals surface area contributed by atoms with E-state index in [2.05, 4.69) is 0 Å². The summed E-state index contributed by atoms with van der Waals surface area (Å²) in [6, 6.07) is 1.15. The lowest BCUT2D eigenvalue weighted by Gasteiger charge is -2.16. The average Bonchev–Trinajstić information content (AvgIpc) is 2.01. The summed E-state index contributed by atoms with van der Waals surface area (Å²) in [5.41, 5.74) is 9.95. The Labute approximate surface area is 78.1 Å². The van der Waals surface area contributed by atoms with Gasteiger partial charge in [0.15, 0.2) is 0 Å². The first kappa shape index (κ1) is 10.6. The second-order valence-electron chi connectivity index (χ2n) is 2.84. The largest absolute Gasteiger partial charge is 0.508 e. The van der Waals surface area contributed by atoms with Crippen molar-refractivity contribution in [1.29, 1.82) is 0 Å². The highest BCUT2D eigenvalue weighted by atomic mass is 19.4. The summed E-state index contributed by atoms with van der Waals surface area (Å²) in [4.78, 5) is 0. The maximum atomic E-state index is 12.1. The Kier molecular flexibility index (Phi) is 2.57. The molecule has 0 spiro atoms. The molecular weight excluding hydrogens is 197 g/mol. The Balaban J connectivity index is 3.08. The zero-order valence-corrected chi connectivity index (χ0v) is 7.05. The van der Waals surface area contributed by atoms with Crippen molar-refractivity contribution in [2.75, 3.05) is 5.73 Å². The molecule has 14 heavy (non-hydrogen) atoms. The number of hydrogen-bond acceptors (Lipinski definition) is 3. The van der Waals surface area contributed by atoms with Crippen molar-refractivity contribution < 1.29 is 18.3 Å². The van der Waals surface area contributed by atoms with E-state index in [4.69, 9.17) is 16.6 Å². The van der Waals surface area contributed by atoms with Gasteiger partial charge in [0.2, 0.25) is 0 Å². The van der Waals surface area contributed by atoms with Gasteiger partial charge in [0.25, 0.3) is 0 Å². The Hall–Kier alpha value is -1.43. The third kappa shape index (κ3) is 2.08. The van der Waals surface area contributed by atoms with Crippen LogP contribution in [-0.2, 0) is 0 Å². The van der Waals surface area contributed by atoms with Crippen molar-refractivity contribution in [2.45, 2.75) is 12.2 Å². The van der Waals surface area contributed by atoms with Crippen LogP contribution in [0.25, 0.3) is 0 Å². The van der Waals surface area contributed by atoms with Crippen molar-refractivity contribution in [3.05, 3.63) is 23.8 Å². The fourth-order valence-corrected chi connectivity index (χ4v) is 1.00. The normalized spacial score (nSPS) is 14.0. The van der Waals surface area contributed by atoms with E-state index >= 15 is 0 Å². The molecule has 0 aliphatic rings. The lowest BCUT2D eigenvalue weighted by Crippen LogP contribution is -2.28. The summed E-state index contributed by atoms with van der Waals surface area (Å²) in [6.45, 7) is 0. The van der Waals surface area contributed by atoms with Gasteiger partial charge in [0, 0.05) is 17.3 Å². The highest BCUT2D eigenvalue weighted by Crippen LogP contribution is 2.35. The van der Waals surface area contributed by atoms with Crippen LogP contribution < -0.4 is 11.5 Å². The van der Waals surface area contributed by atoms with Crippen LogP contribution in [-0.4, -0.2) is 11.3 Å². The number of nitrogen functional groups attached to an aromatic ring is 1. The van der Waals surface area contributed by atoms with Crippen molar-refractivity contribution in [2.24, 2.45) is 5.73 Å². The fourth-order valence-electron chi connectivity index (χ4n) is 1.00. The minimum atomic E-state index is -4.58. The number of alkyl halides is 3. The SMILES string of the molecule is Nc1ccc(C(N)C(F)(F)F)c(O)c1. The molecule has 1 atom stereocenters. The van der Waals surface area contributed by atoms with Gasteiger partial charge >= 0.3 is 6.18 Å². The number of aromatic hydroxyl groups is 1. The van der Waals surface area contributed by atoms with E-state index in [1.807, 2.05) is 0 Å². The third-order valence-corrected chi connectivity index (χ3v) is 1.74. The van der Waals surface area contributed by atoms with Gasteiger partial charge in [0.05, 0.1) is 0 Å². The van der Waals surface area contributed by atoms with Crippen molar-refractivity contribution in [3.63, 3.8) is 0 Å². The zero-order chi connectivity index (χ0) is 10.9. The molecule has 0 saturated carbocycles. The molecule has 1 aromatic carbocycles. The van der Waals surface area contributed by atoms with Gasteiger partial charge in [-0.3, -0.25) is 0 Å². The molecule has 0 amide bonds. The lowest BCUT2D eigenvalue weighted by molar-refractivity contribution is -0.149. The summed E-state index contributed by atoms with van der Waals surface area (Å²) in [5.74, 6) is -0.546. The van der Waals surface area contributed by atoms with E-state index in [0.29, 0.717) is 0 Å².